The number of fused-ring (bicyclic) bond motifs is 5. The average molecular weight is 927 g/mol. The highest BCUT2D eigenvalue weighted by molar-refractivity contribution is 7.89. The Bertz CT molecular complexity index is 2450. The summed E-state index contributed by atoms with van der Waals surface area (Å²) in [6.45, 7) is 4.34. The minimum absolute atomic E-state index is 0.113. The number of likely N-dealkylation sites (N-methyl/N-ethyl adjacent to an activating group) is 1. The van der Waals surface area contributed by atoms with Crippen LogP contribution in [-0.2, 0) is 42.0 Å². The van der Waals surface area contributed by atoms with Gasteiger partial charge in [-0.1, -0.05) is 61.9 Å². The van der Waals surface area contributed by atoms with Gasteiger partial charge in [0.15, 0.2) is 0 Å². The molecule has 5 rings (SSSR count). The number of hydrogen-bond acceptors (Lipinski definition) is 12. The van der Waals surface area contributed by atoms with E-state index < -0.39 is 63.7 Å². The molecule has 1 aliphatic rings. The lowest BCUT2D eigenvalue weighted by Crippen LogP contribution is -2.56. The molecule has 0 aromatic heterocycles. The molecule has 0 radical (unpaired) electrons. The Balaban J connectivity index is 1.55. The summed E-state index contributed by atoms with van der Waals surface area (Å²) < 4.78 is 38.4. The Labute approximate surface area is 386 Å². The van der Waals surface area contributed by atoms with Gasteiger partial charge in [-0.2, -0.15) is 0 Å². The molecule has 5 amide bonds. The summed E-state index contributed by atoms with van der Waals surface area (Å²) in [5.74, 6) is -3.03. The van der Waals surface area contributed by atoms with E-state index in [1.54, 1.807) is 48.5 Å². The Morgan fingerprint density at radius 2 is 1.41 bits per heavy atom. The molecule has 4 atom stereocenters. The molecule has 17 nitrogen and oxygen atoms in total. The summed E-state index contributed by atoms with van der Waals surface area (Å²) in [6.07, 6.45) is 4.38. The smallest absolute Gasteiger partial charge is 0.256 e. The van der Waals surface area contributed by atoms with E-state index in [0.717, 1.165) is 36.6 Å². The quantitative estimate of drug-likeness (QED) is 0.0716. The third-order valence-electron chi connectivity index (χ3n) is 11.1. The topological polar surface area (TPSA) is 267 Å². The van der Waals surface area contributed by atoms with Crippen molar-refractivity contribution in [2.75, 3.05) is 46.2 Å². The lowest BCUT2D eigenvalue weighted by Gasteiger charge is -2.32. The fourth-order valence-corrected chi connectivity index (χ4v) is 8.10. The molecular formula is C48H62N8O9S. The summed E-state index contributed by atoms with van der Waals surface area (Å²) in [5, 5.41) is 8.12. The van der Waals surface area contributed by atoms with Crippen LogP contribution in [0.5, 0.6) is 11.5 Å². The molecule has 0 saturated heterocycles. The molecule has 10 N–H and O–H groups in total. The van der Waals surface area contributed by atoms with E-state index in [0.29, 0.717) is 45.7 Å². The van der Waals surface area contributed by atoms with Crippen molar-refractivity contribution in [1.82, 2.24) is 25.6 Å². The van der Waals surface area contributed by atoms with E-state index in [1.165, 1.54) is 24.4 Å². The van der Waals surface area contributed by atoms with Crippen LogP contribution in [0.4, 0.5) is 0 Å². The Morgan fingerprint density at radius 1 is 0.803 bits per heavy atom. The fourth-order valence-electron chi connectivity index (χ4n) is 7.59. The number of unbranched alkanes of at least 4 members (excludes halogenated alkanes) is 1. The largest absolute Gasteiger partial charge is 0.492 e. The van der Waals surface area contributed by atoms with Crippen molar-refractivity contribution in [3.63, 3.8) is 0 Å². The molecule has 4 aromatic carbocycles. The minimum Gasteiger partial charge on any atom is -0.492 e. The number of ether oxygens (including phenoxy) is 2. The number of hydrogen-bond donors (Lipinski definition) is 7. The second-order valence-corrected chi connectivity index (χ2v) is 18.0. The number of benzene rings is 4. The van der Waals surface area contributed by atoms with Crippen LogP contribution in [0.25, 0.3) is 22.3 Å². The highest BCUT2D eigenvalue weighted by atomic mass is 32.2. The van der Waals surface area contributed by atoms with E-state index in [-0.39, 0.29) is 45.7 Å². The van der Waals surface area contributed by atoms with Gasteiger partial charge in [-0.3, -0.25) is 28.7 Å². The lowest BCUT2D eigenvalue weighted by atomic mass is 9.93. The van der Waals surface area contributed by atoms with Crippen LogP contribution in [0.2, 0.25) is 0 Å². The molecule has 1 aliphatic heterocycles. The zero-order chi connectivity index (χ0) is 48.0. The molecular weight excluding hydrogens is 865 g/mol. The first-order valence-corrected chi connectivity index (χ1v) is 24.0. The zero-order valence-electron chi connectivity index (χ0n) is 37.9. The third kappa shape index (κ3) is 13.6. The van der Waals surface area contributed by atoms with Crippen LogP contribution in [-0.4, -0.2) is 107 Å². The molecule has 4 unspecified atom stereocenters. The van der Waals surface area contributed by atoms with Gasteiger partial charge in [-0.15, -0.1) is 0 Å². The van der Waals surface area contributed by atoms with Crippen LogP contribution in [0, 0.1) is 0 Å². The van der Waals surface area contributed by atoms with Crippen molar-refractivity contribution in [3.05, 3.63) is 107 Å². The van der Waals surface area contributed by atoms with E-state index in [4.69, 9.17) is 26.7 Å². The molecule has 18 heteroatoms. The van der Waals surface area contributed by atoms with Crippen LogP contribution in [0.3, 0.4) is 0 Å². The molecule has 4 bridgehead atoms. The fraction of sp³-hybridized carbons (Fsp3) is 0.396. The van der Waals surface area contributed by atoms with Crippen LogP contribution >= 0.6 is 0 Å². The van der Waals surface area contributed by atoms with Crippen molar-refractivity contribution in [2.45, 2.75) is 76.5 Å². The molecule has 0 aliphatic carbocycles. The monoisotopic (exact) mass is 926 g/mol. The zero-order valence-corrected chi connectivity index (χ0v) is 38.7. The van der Waals surface area contributed by atoms with Gasteiger partial charge in [0, 0.05) is 43.2 Å². The maximum Gasteiger partial charge on any atom is 0.256 e. The van der Waals surface area contributed by atoms with Crippen LogP contribution < -0.4 is 47.3 Å². The predicted octanol–water partition coefficient (Wildman–Crippen LogP) is 2.70. The first-order valence-electron chi connectivity index (χ1n) is 22.1. The molecule has 354 valence electrons. The standard InChI is InChI=1S/C48H62N8O9S/c1-5-6-8-31-10-13-33(14-11-31)34-15-17-35(18-16-34)45(58)53-39(9-7-22-49)48(61)56(3)43-36-19-21-42(65-26-24-51)38(29-36)37-27-32(12-20-41(37)64-25-23-50)28-40(46(59)55-66(4,62)63)54-44(57)30(2)52-47(43)60/h10-21,27,29-30,39-40,43H,5-9,22-26,28,49-51H2,1-4H3,(H,52,60)(H,53,58)(H,54,57)(H,55,59). The van der Waals surface area contributed by atoms with E-state index in [2.05, 4.69) is 47.1 Å². The maximum absolute atomic E-state index is 14.7. The Kier molecular flexibility index (Phi) is 18.2. The van der Waals surface area contributed by atoms with Crippen molar-refractivity contribution in [2.24, 2.45) is 17.2 Å². The van der Waals surface area contributed by atoms with E-state index in [9.17, 15) is 32.4 Å². The van der Waals surface area contributed by atoms with Gasteiger partial charge in [0.25, 0.3) is 11.8 Å². The third-order valence-corrected chi connectivity index (χ3v) is 11.6. The number of aryl methyl sites for hydroxylation is 1. The molecule has 0 fully saturated rings. The van der Waals surface area contributed by atoms with E-state index >= 15 is 0 Å². The molecule has 66 heavy (non-hydrogen) atoms. The van der Waals surface area contributed by atoms with Crippen LogP contribution in [0.1, 0.15) is 72.6 Å². The number of nitrogens with one attached hydrogen (secondary N) is 4. The SMILES string of the molecule is CCCCc1ccc(-c2ccc(C(=O)NC(CCCN)C(=O)N(C)C3C(=O)NC(C)C(=O)NC(C(=O)NS(C)(=O)=O)Cc4ccc(OCCN)c(c4)-c4cc3ccc4OCCN)cc2)cc1. The Hall–Kier alpha value is -6.34. The van der Waals surface area contributed by atoms with Crippen molar-refractivity contribution in [3.8, 4) is 33.8 Å². The molecule has 1 heterocycles. The second kappa shape index (κ2) is 23.7. The average Bonchev–Trinajstić information content (AvgIpc) is 3.30. The molecule has 0 spiro atoms. The predicted molar refractivity (Wildman–Crippen MR) is 253 cm³/mol. The van der Waals surface area contributed by atoms with Gasteiger partial charge in [0.1, 0.15) is 48.9 Å². The van der Waals surface area contributed by atoms with Crippen LogP contribution in [0.15, 0.2) is 84.9 Å². The first-order chi connectivity index (χ1) is 31.6. The summed E-state index contributed by atoms with van der Waals surface area (Å²) in [4.78, 5) is 71.4. The normalized spacial score (nSPS) is 16.7. The van der Waals surface area contributed by atoms with Gasteiger partial charge < -0.3 is 47.5 Å². The van der Waals surface area contributed by atoms with Gasteiger partial charge in [-0.05, 0) is 103 Å². The number of carbonyl (C=O) groups excluding carboxylic acids is 5. The molecule has 4 aromatic rings. The highest BCUT2D eigenvalue weighted by Gasteiger charge is 2.36. The van der Waals surface area contributed by atoms with Crippen molar-refractivity contribution >= 4 is 39.6 Å². The number of sulfonamides is 1. The maximum atomic E-state index is 14.7. The van der Waals surface area contributed by atoms with E-state index in [1.807, 2.05) is 16.9 Å². The number of amides is 5. The number of carbonyl (C=O) groups is 5. The summed E-state index contributed by atoms with van der Waals surface area (Å²) in [6, 6.07) is 20.0. The summed E-state index contributed by atoms with van der Waals surface area (Å²) in [5.41, 5.74) is 22.7. The van der Waals surface area contributed by atoms with Gasteiger partial charge in [-0.25, -0.2) is 8.42 Å². The van der Waals surface area contributed by atoms with Gasteiger partial charge in [0.05, 0.1) is 6.26 Å². The highest BCUT2D eigenvalue weighted by Crippen LogP contribution is 2.40. The molecule has 0 saturated carbocycles. The lowest BCUT2D eigenvalue weighted by molar-refractivity contribution is -0.141. The van der Waals surface area contributed by atoms with Crippen molar-refractivity contribution in [1.29, 1.82) is 0 Å². The summed E-state index contributed by atoms with van der Waals surface area (Å²) in [7, 11) is -2.62. The van der Waals surface area contributed by atoms with Gasteiger partial charge >= 0.3 is 0 Å². The summed E-state index contributed by atoms with van der Waals surface area (Å²) >= 11 is 0. The minimum atomic E-state index is -4.04. The van der Waals surface area contributed by atoms with Gasteiger partial charge in [0.2, 0.25) is 27.7 Å². The Morgan fingerprint density at radius 3 is 2.00 bits per heavy atom. The van der Waals surface area contributed by atoms with Crippen molar-refractivity contribution < 1.29 is 41.9 Å². The first kappa shape index (κ1) is 50.7. The number of nitrogens with two attached hydrogens (primary N) is 3. The number of rotatable bonds is 19. The second-order valence-electron chi connectivity index (χ2n) is 16.3. The number of nitrogens with zero attached hydrogens (tertiary/aromatic N) is 1.